The molecule has 1 aliphatic rings. The highest BCUT2D eigenvalue weighted by atomic mass is 16.2. The molecule has 1 aromatic rings. The number of aromatic nitrogens is 1. The Labute approximate surface area is 108 Å². The third kappa shape index (κ3) is 2.15. The van der Waals surface area contributed by atoms with Gasteiger partial charge in [-0.15, -0.1) is 0 Å². The Morgan fingerprint density at radius 3 is 2.61 bits per heavy atom. The molecule has 0 saturated heterocycles. The van der Waals surface area contributed by atoms with E-state index in [9.17, 15) is 4.79 Å². The molecule has 1 N–H and O–H groups in total. The predicted molar refractivity (Wildman–Crippen MR) is 71.3 cm³/mol. The van der Waals surface area contributed by atoms with Crippen molar-refractivity contribution >= 4 is 11.7 Å². The third-order valence-electron chi connectivity index (χ3n) is 3.40. The molecule has 0 aromatic carbocycles. The van der Waals surface area contributed by atoms with Crippen molar-refractivity contribution in [1.82, 2.24) is 10.3 Å². The number of hydrogen-bond acceptors (Lipinski definition) is 3. The summed E-state index contributed by atoms with van der Waals surface area (Å²) in [6.45, 7) is 4.12. The van der Waals surface area contributed by atoms with E-state index < -0.39 is 5.54 Å². The van der Waals surface area contributed by atoms with Crippen LogP contribution in [-0.4, -0.2) is 16.7 Å². The molecule has 18 heavy (non-hydrogen) atoms. The second-order valence-corrected chi connectivity index (χ2v) is 4.57. The van der Waals surface area contributed by atoms with Gasteiger partial charge in [-0.1, -0.05) is 20.3 Å². The van der Waals surface area contributed by atoms with E-state index in [2.05, 4.69) is 22.2 Å². The van der Waals surface area contributed by atoms with Crippen molar-refractivity contribution in [3.8, 4) is 0 Å². The maximum Gasteiger partial charge on any atom is 0.257 e. The van der Waals surface area contributed by atoms with Crippen LogP contribution < -0.4 is 5.32 Å². The molecule has 0 bridgehead atoms. The number of unbranched alkanes of at least 4 members (excludes halogenated alkanes) is 1. The highest BCUT2D eigenvalue weighted by molar-refractivity contribution is 6.08. The quantitative estimate of drug-likeness (QED) is 0.866. The van der Waals surface area contributed by atoms with Gasteiger partial charge in [0, 0.05) is 18.8 Å². The summed E-state index contributed by atoms with van der Waals surface area (Å²) in [7, 11) is 0. The first-order chi connectivity index (χ1) is 8.73. The Bertz CT molecular complexity index is 455. The summed E-state index contributed by atoms with van der Waals surface area (Å²) >= 11 is 0. The minimum Gasteiger partial charge on any atom is -0.312 e. The van der Waals surface area contributed by atoms with Gasteiger partial charge >= 0.3 is 0 Å². The van der Waals surface area contributed by atoms with E-state index in [4.69, 9.17) is 0 Å². The molecule has 0 radical (unpaired) electrons. The summed E-state index contributed by atoms with van der Waals surface area (Å²) in [6, 6.07) is 3.74. The molecule has 1 aromatic heterocycles. The van der Waals surface area contributed by atoms with Gasteiger partial charge < -0.3 is 5.32 Å². The van der Waals surface area contributed by atoms with Crippen molar-refractivity contribution < 1.29 is 4.79 Å². The number of rotatable bonds is 5. The molecule has 0 saturated carbocycles. The second kappa shape index (κ2) is 5.29. The van der Waals surface area contributed by atoms with Crippen LogP contribution in [0.15, 0.2) is 29.5 Å². The van der Waals surface area contributed by atoms with Crippen LogP contribution in [0.4, 0.5) is 0 Å². The van der Waals surface area contributed by atoms with Crippen LogP contribution >= 0.6 is 0 Å². The van der Waals surface area contributed by atoms with E-state index in [0.29, 0.717) is 6.42 Å². The zero-order valence-electron chi connectivity index (χ0n) is 10.9. The van der Waals surface area contributed by atoms with E-state index >= 15 is 0 Å². The van der Waals surface area contributed by atoms with Crippen molar-refractivity contribution in [2.24, 2.45) is 4.99 Å². The van der Waals surface area contributed by atoms with Crippen LogP contribution in [0.5, 0.6) is 0 Å². The molecule has 2 heterocycles. The Morgan fingerprint density at radius 1 is 1.28 bits per heavy atom. The van der Waals surface area contributed by atoms with Crippen molar-refractivity contribution in [2.75, 3.05) is 0 Å². The lowest BCUT2D eigenvalue weighted by Gasteiger charge is -2.21. The van der Waals surface area contributed by atoms with Gasteiger partial charge in [0.05, 0.1) is 0 Å². The summed E-state index contributed by atoms with van der Waals surface area (Å²) in [4.78, 5) is 20.9. The maximum absolute atomic E-state index is 12.3. The van der Waals surface area contributed by atoms with Crippen molar-refractivity contribution in [3.63, 3.8) is 0 Å². The molecule has 1 amide bonds. The number of amides is 1. The molecule has 0 fully saturated rings. The second-order valence-electron chi connectivity index (χ2n) is 4.57. The van der Waals surface area contributed by atoms with E-state index in [1.165, 1.54) is 0 Å². The third-order valence-corrected chi connectivity index (χ3v) is 3.40. The predicted octanol–water partition coefficient (Wildman–Crippen LogP) is 2.41. The van der Waals surface area contributed by atoms with Crippen LogP contribution in [0.1, 0.15) is 45.1 Å². The highest BCUT2D eigenvalue weighted by Crippen LogP contribution is 2.33. The molecule has 2 rings (SSSR count). The fourth-order valence-corrected chi connectivity index (χ4v) is 2.27. The molecular weight excluding hydrogens is 226 g/mol. The van der Waals surface area contributed by atoms with E-state index in [-0.39, 0.29) is 5.91 Å². The summed E-state index contributed by atoms with van der Waals surface area (Å²) < 4.78 is 0. The normalized spacial score (nSPS) is 22.8. The summed E-state index contributed by atoms with van der Waals surface area (Å²) in [5.41, 5.74) is 0.176. The van der Waals surface area contributed by atoms with Crippen LogP contribution in [0.25, 0.3) is 0 Å². The molecule has 96 valence electrons. The lowest BCUT2D eigenvalue weighted by atomic mass is 9.88. The highest BCUT2D eigenvalue weighted by Gasteiger charge is 2.43. The van der Waals surface area contributed by atoms with Gasteiger partial charge in [0.1, 0.15) is 5.84 Å². The zero-order chi connectivity index (χ0) is 13.0. The summed E-state index contributed by atoms with van der Waals surface area (Å²) in [5.74, 6) is 0.808. The van der Waals surface area contributed by atoms with E-state index in [1.807, 2.05) is 19.1 Å². The minimum atomic E-state index is -0.744. The van der Waals surface area contributed by atoms with Crippen LogP contribution in [0.2, 0.25) is 0 Å². The van der Waals surface area contributed by atoms with Crippen molar-refractivity contribution in [1.29, 1.82) is 0 Å². The number of nitrogens with zero attached hydrogens (tertiary/aromatic N) is 2. The lowest BCUT2D eigenvalue weighted by molar-refractivity contribution is -0.124. The van der Waals surface area contributed by atoms with Gasteiger partial charge in [0.15, 0.2) is 5.54 Å². The molecule has 0 spiro atoms. The van der Waals surface area contributed by atoms with Crippen LogP contribution in [-0.2, 0) is 10.3 Å². The number of hydrogen-bond donors (Lipinski definition) is 1. The average molecular weight is 245 g/mol. The number of aliphatic imine (C=N–C) groups is 1. The topological polar surface area (TPSA) is 54.4 Å². The van der Waals surface area contributed by atoms with Crippen LogP contribution in [0, 0.1) is 0 Å². The van der Waals surface area contributed by atoms with Gasteiger partial charge in [-0.2, -0.15) is 0 Å². The molecule has 1 aliphatic heterocycles. The standard InChI is InChI=1S/C14H19N3O/c1-3-5-6-12-16-13(18)14(4-2,17-12)11-7-9-15-10-8-11/h7-10H,3-6H2,1-2H3,(H,16,17,18). The number of pyridine rings is 1. The first-order valence-corrected chi connectivity index (χ1v) is 6.53. The van der Waals surface area contributed by atoms with Gasteiger partial charge in [-0.3, -0.25) is 14.8 Å². The molecule has 4 heteroatoms. The monoisotopic (exact) mass is 245 g/mol. The van der Waals surface area contributed by atoms with E-state index in [1.54, 1.807) is 12.4 Å². The number of nitrogens with one attached hydrogen (secondary N) is 1. The molecule has 1 atom stereocenters. The first-order valence-electron chi connectivity index (χ1n) is 6.53. The first kappa shape index (κ1) is 12.7. The summed E-state index contributed by atoms with van der Waals surface area (Å²) in [6.07, 6.45) is 7.07. The number of amidine groups is 1. The molecule has 4 nitrogen and oxygen atoms in total. The van der Waals surface area contributed by atoms with Crippen LogP contribution in [0.3, 0.4) is 0 Å². The number of carbonyl (C=O) groups excluding carboxylic acids is 1. The Hall–Kier alpha value is -1.71. The average Bonchev–Trinajstić information content (AvgIpc) is 2.75. The lowest BCUT2D eigenvalue weighted by Crippen LogP contribution is -2.37. The molecule has 0 aliphatic carbocycles. The van der Waals surface area contributed by atoms with Gasteiger partial charge in [-0.05, 0) is 30.5 Å². The maximum atomic E-state index is 12.3. The minimum absolute atomic E-state index is 0.0118. The van der Waals surface area contributed by atoms with Gasteiger partial charge in [-0.25, -0.2) is 0 Å². The van der Waals surface area contributed by atoms with Crippen molar-refractivity contribution in [2.45, 2.75) is 45.1 Å². The van der Waals surface area contributed by atoms with Gasteiger partial charge in [0.25, 0.3) is 5.91 Å². The molecule has 1 unspecified atom stereocenters. The Morgan fingerprint density at radius 2 is 2.00 bits per heavy atom. The fraction of sp³-hybridized carbons (Fsp3) is 0.500. The summed E-state index contributed by atoms with van der Waals surface area (Å²) in [5, 5.41) is 2.92. The largest absolute Gasteiger partial charge is 0.312 e. The molecular formula is C14H19N3O. The van der Waals surface area contributed by atoms with E-state index in [0.717, 1.165) is 30.7 Å². The fourth-order valence-electron chi connectivity index (χ4n) is 2.27. The van der Waals surface area contributed by atoms with Gasteiger partial charge in [0.2, 0.25) is 0 Å². The Kier molecular flexibility index (Phi) is 3.75. The SMILES string of the molecule is CCCCC1=NC(CC)(c2ccncc2)C(=O)N1. The Balaban J connectivity index is 2.32. The zero-order valence-corrected chi connectivity index (χ0v) is 10.9. The van der Waals surface area contributed by atoms with Crippen molar-refractivity contribution in [3.05, 3.63) is 30.1 Å². The smallest absolute Gasteiger partial charge is 0.257 e. The number of carbonyl (C=O) groups is 1.